The van der Waals surface area contributed by atoms with Crippen LogP contribution in [0.3, 0.4) is 0 Å². The van der Waals surface area contributed by atoms with Gasteiger partial charge in [0.15, 0.2) is 5.78 Å². The highest BCUT2D eigenvalue weighted by Gasteiger charge is 2.36. The molecule has 0 spiro atoms. The van der Waals surface area contributed by atoms with E-state index in [1.54, 1.807) is 19.3 Å². The van der Waals surface area contributed by atoms with Gasteiger partial charge in [-0.05, 0) is 43.0 Å². The van der Waals surface area contributed by atoms with E-state index in [0.717, 1.165) is 5.56 Å². The van der Waals surface area contributed by atoms with Crippen LogP contribution in [-0.2, 0) is 25.6 Å². The quantitative estimate of drug-likeness (QED) is 0.108. The van der Waals surface area contributed by atoms with Crippen LogP contribution in [0.25, 0.3) is 11.0 Å². The smallest absolute Gasteiger partial charge is 0.320 e. The maximum absolute atomic E-state index is 13.1. The van der Waals surface area contributed by atoms with E-state index >= 15 is 0 Å². The Morgan fingerprint density at radius 1 is 1.12 bits per heavy atom. The normalized spacial score (nSPS) is 13.2. The standard InChI is InChI=1S/C26H30ClN7O9/c1-34(7-6-11-10-30-21-19(11)23(39)33-26(29)32-21)12-2-3-13(15(27)8-12)22(38)31-17(4-5-18(35)36)20(37)14(24(40)41)9-16(28)25(42)43/h2-3,8,10,14,16-17H,4-7,9,28H2,1H3,(H,31,38)(H,35,36)(H,40,41)(H,42,43)(H4,29,30,32,33,39)/t14?,16-,17-/m0/s1. The zero-order chi connectivity index (χ0) is 32.0. The van der Waals surface area contributed by atoms with Gasteiger partial charge in [-0.2, -0.15) is 9.97 Å². The van der Waals surface area contributed by atoms with Crippen molar-refractivity contribution in [3.63, 3.8) is 0 Å². The zero-order valence-electron chi connectivity index (χ0n) is 22.8. The van der Waals surface area contributed by atoms with Gasteiger partial charge >= 0.3 is 17.9 Å². The average molecular weight is 620 g/mol. The summed E-state index contributed by atoms with van der Waals surface area (Å²) in [6.07, 6.45) is 0.342. The van der Waals surface area contributed by atoms with Crippen molar-refractivity contribution in [2.75, 3.05) is 24.2 Å². The summed E-state index contributed by atoms with van der Waals surface area (Å²) in [4.78, 5) is 72.6. The van der Waals surface area contributed by atoms with E-state index in [-0.39, 0.29) is 22.4 Å². The number of amides is 1. The van der Waals surface area contributed by atoms with Crippen molar-refractivity contribution in [2.24, 2.45) is 11.7 Å². The first-order valence-electron chi connectivity index (χ1n) is 12.8. The van der Waals surface area contributed by atoms with Crippen molar-refractivity contribution < 1.29 is 44.4 Å². The van der Waals surface area contributed by atoms with E-state index in [4.69, 9.17) is 33.3 Å². The molecule has 0 bridgehead atoms. The molecule has 2 aromatic heterocycles. The van der Waals surface area contributed by atoms with Gasteiger partial charge in [0.05, 0.1) is 22.0 Å². The third-order valence-electron chi connectivity index (χ3n) is 6.71. The molecule has 0 fully saturated rings. The van der Waals surface area contributed by atoms with Crippen molar-refractivity contribution in [3.8, 4) is 5.88 Å². The fourth-order valence-electron chi connectivity index (χ4n) is 4.36. The summed E-state index contributed by atoms with van der Waals surface area (Å²) >= 11 is 6.38. The summed E-state index contributed by atoms with van der Waals surface area (Å²) in [6.45, 7) is 0.444. The topological polar surface area (TPSA) is 275 Å². The van der Waals surface area contributed by atoms with Crippen LogP contribution < -0.4 is 21.7 Å². The first-order chi connectivity index (χ1) is 20.2. The lowest BCUT2D eigenvalue weighted by Gasteiger charge is -2.23. The van der Waals surface area contributed by atoms with E-state index in [0.29, 0.717) is 29.7 Å². The van der Waals surface area contributed by atoms with E-state index in [2.05, 4.69) is 20.3 Å². The summed E-state index contributed by atoms with van der Waals surface area (Å²) in [7, 11) is 1.77. The molecular formula is C26H30ClN7O9. The lowest BCUT2D eigenvalue weighted by molar-refractivity contribution is -0.148. The van der Waals surface area contributed by atoms with Crippen molar-refractivity contribution in [2.45, 2.75) is 37.8 Å². The number of fused-ring (bicyclic) bond motifs is 1. The minimum Gasteiger partial charge on any atom is -0.493 e. The largest absolute Gasteiger partial charge is 0.493 e. The van der Waals surface area contributed by atoms with Crippen molar-refractivity contribution >= 4 is 63.9 Å². The number of nitrogens with one attached hydrogen (secondary N) is 2. The number of likely N-dealkylation sites (N-methyl/N-ethyl adjacent to an activating group) is 1. The second-order valence-corrected chi connectivity index (χ2v) is 10.1. The predicted octanol–water partition coefficient (Wildman–Crippen LogP) is 0.613. The molecule has 230 valence electrons. The van der Waals surface area contributed by atoms with E-state index < -0.39 is 66.9 Å². The molecule has 0 saturated carbocycles. The fraction of sp³-hybridized carbons (Fsp3) is 0.346. The number of H-pyrrole nitrogens is 1. The van der Waals surface area contributed by atoms with Crippen LogP contribution in [0.2, 0.25) is 5.02 Å². The highest BCUT2D eigenvalue weighted by atomic mass is 35.5. The monoisotopic (exact) mass is 619 g/mol. The highest BCUT2D eigenvalue weighted by molar-refractivity contribution is 6.34. The van der Waals surface area contributed by atoms with Gasteiger partial charge in [-0.3, -0.25) is 24.0 Å². The Hall–Kier alpha value is -4.96. The van der Waals surface area contributed by atoms with Crippen LogP contribution in [0.5, 0.6) is 5.88 Å². The summed E-state index contributed by atoms with van der Waals surface area (Å²) in [5.74, 6) is -8.69. The van der Waals surface area contributed by atoms with Gasteiger partial charge in [-0.15, -0.1) is 0 Å². The molecule has 1 aromatic carbocycles. The lowest BCUT2D eigenvalue weighted by Crippen LogP contribution is -2.47. The van der Waals surface area contributed by atoms with Crippen molar-refractivity contribution in [1.82, 2.24) is 20.3 Å². The van der Waals surface area contributed by atoms with Gasteiger partial charge in [0.25, 0.3) is 5.91 Å². The van der Waals surface area contributed by atoms with E-state index in [1.807, 2.05) is 4.90 Å². The highest BCUT2D eigenvalue weighted by Crippen LogP contribution is 2.28. The maximum Gasteiger partial charge on any atom is 0.320 e. The Morgan fingerprint density at radius 3 is 2.42 bits per heavy atom. The number of carboxylic acid groups (broad SMARTS) is 3. The van der Waals surface area contributed by atoms with Crippen LogP contribution in [0.15, 0.2) is 24.4 Å². The van der Waals surface area contributed by atoms with Crippen molar-refractivity contribution in [3.05, 3.63) is 40.5 Å². The number of Topliss-reactive ketones (excluding diaryl/α,β-unsaturated/α-hetero) is 1. The number of benzene rings is 1. The van der Waals surface area contributed by atoms with Crippen LogP contribution in [-0.4, -0.2) is 90.7 Å². The molecule has 2 heterocycles. The van der Waals surface area contributed by atoms with E-state index in [1.165, 1.54) is 12.1 Å². The third kappa shape index (κ3) is 8.08. The Morgan fingerprint density at radius 2 is 1.81 bits per heavy atom. The maximum atomic E-state index is 13.1. The number of nitrogens with zero attached hydrogens (tertiary/aromatic N) is 3. The second kappa shape index (κ2) is 13.8. The molecule has 0 aliphatic rings. The number of hydrogen-bond donors (Lipinski definition) is 8. The first kappa shape index (κ1) is 32.6. The number of aliphatic carboxylic acids is 3. The first-order valence-corrected chi connectivity index (χ1v) is 13.2. The number of aromatic amines is 1. The van der Waals surface area contributed by atoms with Crippen LogP contribution >= 0.6 is 11.6 Å². The number of rotatable bonds is 15. The molecule has 10 N–H and O–H groups in total. The Bertz CT molecular complexity index is 1560. The van der Waals surface area contributed by atoms with Gasteiger partial charge < -0.3 is 47.1 Å². The Balaban J connectivity index is 1.74. The van der Waals surface area contributed by atoms with Gasteiger partial charge in [-0.25, -0.2) is 0 Å². The number of nitrogens with two attached hydrogens (primary N) is 2. The van der Waals surface area contributed by atoms with Crippen LogP contribution in [0.1, 0.15) is 35.2 Å². The molecule has 0 radical (unpaired) electrons. The predicted molar refractivity (Wildman–Crippen MR) is 153 cm³/mol. The molecule has 3 aromatic rings. The number of aromatic hydroxyl groups is 1. The van der Waals surface area contributed by atoms with Gasteiger partial charge in [0.2, 0.25) is 11.8 Å². The SMILES string of the molecule is CN(CCc1c[nH]c2nc(N)nc(O)c12)c1ccc(C(=O)N[C@@H](CCC(=O)O)C(=O)C(C[C@H](N)C(=O)O)C(=O)O)c(Cl)c1. The second-order valence-electron chi connectivity index (χ2n) is 9.71. The molecule has 43 heavy (non-hydrogen) atoms. The number of nitrogen functional groups attached to an aromatic ring is 1. The number of halogens is 1. The Labute approximate surface area is 248 Å². The molecule has 0 saturated heterocycles. The number of aromatic nitrogens is 3. The summed E-state index contributed by atoms with van der Waals surface area (Å²) < 4.78 is 0. The lowest BCUT2D eigenvalue weighted by atomic mass is 9.89. The molecule has 0 aliphatic carbocycles. The van der Waals surface area contributed by atoms with Gasteiger partial charge in [-0.1, -0.05) is 11.6 Å². The number of carboxylic acids is 3. The molecule has 1 amide bonds. The van der Waals surface area contributed by atoms with E-state index in [9.17, 15) is 34.2 Å². The summed E-state index contributed by atoms with van der Waals surface area (Å²) in [5, 5.41) is 40.5. The third-order valence-corrected chi connectivity index (χ3v) is 7.02. The Kier molecular flexibility index (Phi) is 10.4. The minimum atomic E-state index is -1.90. The number of hydrogen-bond acceptors (Lipinski definition) is 11. The molecule has 1 unspecified atom stereocenters. The summed E-state index contributed by atoms with van der Waals surface area (Å²) in [6, 6.07) is 1.21. The van der Waals surface area contributed by atoms with Crippen molar-refractivity contribution in [1.29, 1.82) is 0 Å². The average Bonchev–Trinajstić information content (AvgIpc) is 3.34. The molecule has 16 nitrogen and oxygen atoms in total. The number of anilines is 2. The number of carbonyl (C=O) groups excluding carboxylic acids is 2. The molecule has 3 rings (SSSR count). The molecular weight excluding hydrogens is 590 g/mol. The van der Waals surface area contributed by atoms with Crippen LogP contribution in [0, 0.1) is 5.92 Å². The summed E-state index contributed by atoms with van der Waals surface area (Å²) in [5.41, 5.74) is 12.6. The minimum absolute atomic E-state index is 0.0115. The molecule has 0 aliphatic heterocycles. The number of carbonyl (C=O) groups is 5. The number of ketones is 1. The molecule has 17 heteroatoms. The fourth-order valence-corrected chi connectivity index (χ4v) is 4.62. The van der Waals surface area contributed by atoms with Gasteiger partial charge in [0.1, 0.15) is 17.6 Å². The zero-order valence-corrected chi connectivity index (χ0v) is 23.5. The molecule has 3 atom stereocenters. The van der Waals surface area contributed by atoms with Crippen LogP contribution in [0.4, 0.5) is 11.6 Å². The van der Waals surface area contributed by atoms with Gasteiger partial charge in [0, 0.05) is 31.9 Å².